The van der Waals surface area contributed by atoms with Crippen LogP contribution < -0.4 is 4.90 Å². The normalized spacial score (nSPS) is 13.0. The lowest BCUT2D eigenvalue weighted by molar-refractivity contribution is -0.117. The van der Waals surface area contributed by atoms with Gasteiger partial charge in [-0.05, 0) is 30.3 Å². The maximum atomic E-state index is 13.1. The molecule has 130 valence electrons. The summed E-state index contributed by atoms with van der Waals surface area (Å²) >= 11 is 6.20. The molecule has 7 heteroatoms. The standard InChI is InChI=1S/C19H14ClN3O3/c1-26-19(25)18-16-10-17(24)23(13-5-3-2-4-6-13)15-9-12(20)7-8-14(15)22(16)11-21-18/h2-9,11H,10H2,1H3. The van der Waals surface area contributed by atoms with Gasteiger partial charge in [-0.15, -0.1) is 0 Å². The van der Waals surface area contributed by atoms with Crippen molar-refractivity contribution in [3.63, 3.8) is 0 Å². The predicted molar refractivity (Wildman–Crippen MR) is 97.2 cm³/mol. The van der Waals surface area contributed by atoms with Crippen LogP contribution >= 0.6 is 11.6 Å². The molecule has 0 unspecified atom stereocenters. The Hall–Kier alpha value is -3.12. The number of hydrogen-bond acceptors (Lipinski definition) is 4. The number of para-hydroxylation sites is 1. The molecule has 0 fully saturated rings. The SMILES string of the molecule is COC(=O)c1ncn2c1CC(=O)N(c1ccccc1)c1cc(Cl)ccc1-2. The zero-order chi connectivity index (χ0) is 18.3. The molecule has 3 aromatic rings. The summed E-state index contributed by atoms with van der Waals surface area (Å²) in [5, 5.41) is 0.509. The first-order valence-electron chi connectivity index (χ1n) is 7.92. The Labute approximate surface area is 154 Å². The van der Waals surface area contributed by atoms with Gasteiger partial charge in [0.2, 0.25) is 5.91 Å². The maximum Gasteiger partial charge on any atom is 0.358 e. The minimum absolute atomic E-state index is 0.00558. The molecule has 26 heavy (non-hydrogen) atoms. The summed E-state index contributed by atoms with van der Waals surface area (Å²) in [4.78, 5) is 30.9. The largest absolute Gasteiger partial charge is 0.464 e. The number of fused-ring (bicyclic) bond motifs is 3. The number of esters is 1. The summed E-state index contributed by atoms with van der Waals surface area (Å²) in [6.07, 6.45) is 1.53. The zero-order valence-corrected chi connectivity index (χ0v) is 14.6. The van der Waals surface area contributed by atoms with Gasteiger partial charge >= 0.3 is 5.97 Å². The number of aromatic nitrogens is 2. The van der Waals surface area contributed by atoms with Gasteiger partial charge in [-0.1, -0.05) is 29.8 Å². The molecule has 1 amide bonds. The van der Waals surface area contributed by atoms with Gasteiger partial charge in [0.15, 0.2) is 5.69 Å². The number of halogens is 1. The molecule has 2 aromatic carbocycles. The molecule has 0 saturated carbocycles. The van der Waals surface area contributed by atoms with E-state index in [2.05, 4.69) is 4.98 Å². The van der Waals surface area contributed by atoms with Crippen molar-refractivity contribution >= 4 is 34.9 Å². The van der Waals surface area contributed by atoms with Crippen molar-refractivity contribution in [2.24, 2.45) is 0 Å². The van der Waals surface area contributed by atoms with E-state index in [0.29, 0.717) is 22.1 Å². The summed E-state index contributed by atoms with van der Waals surface area (Å²) in [6.45, 7) is 0. The van der Waals surface area contributed by atoms with Gasteiger partial charge in [-0.2, -0.15) is 0 Å². The fourth-order valence-corrected chi connectivity index (χ4v) is 3.28. The second kappa shape index (κ2) is 6.31. The fraction of sp³-hybridized carbons (Fsp3) is 0.105. The van der Waals surface area contributed by atoms with Crippen LogP contribution in [0.4, 0.5) is 11.4 Å². The lowest BCUT2D eigenvalue weighted by atomic mass is 10.2. The van der Waals surface area contributed by atoms with Crippen molar-refractivity contribution in [2.45, 2.75) is 6.42 Å². The van der Waals surface area contributed by atoms with Crippen LogP contribution in [0, 0.1) is 0 Å². The number of carbonyl (C=O) groups excluding carboxylic acids is 2. The van der Waals surface area contributed by atoms with Crippen LogP contribution in [0.25, 0.3) is 5.69 Å². The van der Waals surface area contributed by atoms with Gasteiger partial charge in [-0.3, -0.25) is 14.3 Å². The van der Waals surface area contributed by atoms with Gasteiger partial charge < -0.3 is 4.74 Å². The fourth-order valence-electron chi connectivity index (χ4n) is 3.11. The monoisotopic (exact) mass is 367 g/mol. The third-order valence-corrected chi connectivity index (χ3v) is 4.50. The average molecular weight is 368 g/mol. The molecule has 0 spiro atoms. The Morgan fingerprint density at radius 3 is 2.65 bits per heavy atom. The Morgan fingerprint density at radius 1 is 1.15 bits per heavy atom. The number of amides is 1. The molecule has 6 nitrogen and oxygen atoms in total. The molecule has 1 aliphatic rings. The third kappa shape index (κ3) is 2.55. The van der Waals surface area contributed by atoms with E-state index in [0.717, 1.165) is 5.69 Å². The van der Waals surface area contributed by atoms with E-state index in [1.54, 1.807) is 27.7 Å². The van der Waals surface area contributed by atoms with Gasteiger partial charge in [0.05, 0.1) is 30.6 Å². The molecule has 0 saturated heterocycles. The topological polar surface area (TPSA) is 64.4 Å². The number of carbonyl (C=O) groups is 2. The Balaban J connectivity index is 1.97. The minimum Gasteiger partial charge on any atom is -0.464 e. The summed E-state index contributed by atoms with van der Waals surface area (Å²) in [5.41, 5.74) is 2.68. The highest BCUT2D eigenvalue weighted by atomic mass is 35.5. The van der Waals surface area contributed by atoms with Crippen molar-refractivity contribution in [3.8, 4) is 5.69 Å². The summed E-state index contributed by atoms with van der Waals surface area (Å²) < 4.78 is 6.53. The van der Waals surface area contributed by atoms with Gasteiger partial charge in [-0.25, -0.2) is 9.78 Å². The molecule has 2 heterocycles. The third-order valence-electron chi connectivity index (χ3n) is 4.27. The number of methoxy groups -OCH3 is 1. The van der Waals surface area contributed by atoms with E-state index in [9.17, 15) is 9.59 Å². The number of rotatable bonds is 2. The summed E-state index contributed by atoms with van der Waals surface area (Å²) in [5.74, 6) is -0.764. The molecule has 0 bridgehead atoms. The zero-order valence-electron chi connectivity index (χ0n) is 13.8. The first kappa shape index (κ1) is 16.4. The van der Waals surface area contributed by atoms with Crippen molar-refractivity contribution in [3.05, 3.63) is 71.3 Å². The summed E-state index contributed by atoms with van der Waals surface area (Å²) in [7, 11) is 1.29. The molecule has 1 aliphatic heterocycles. The van der Waals surface area contributed by atoms with Crippen LogP contribution in [-0.2, 0) is 16.0 Å². The van der Waals surface area contributed by atoms with Crippen LogP contribution in [0.15, 0.2) is 54.9 Å². The smallest absolute Gasteiger partial charge is 0.358 e. The van der Waals surface area contributed by atoms with Crippen LogP contribution in [0.1, 0.15) is 16.2 Å². The van der Waals surface area contributed by atoms with Crippen molar-refractivity contribution in [2.75, 3.05) is 12.0 Å². The van der Waals surface area contributed by atoms with Crippen molar-refractivity contribution in [1.29, 1.82) is 0 Å². The lowest BCUT2D eigenvalue weighted by Gasteiger charge is -2.23. The Morgan fingerprint density at radius 2 is 1.92 bits per heavy atom. The molecule has 0 atom stereocenters. The average Bonchev–Trinajstić information content (AvgIpc) is 3.01. The van der Waals surface area contributed by atoms with E-state index in [1.807, 2.05) is 30.3 Å². The van der Waals surface area contributed by atoms with E-state index >= 15 is 0 Å². The molecule has 0 radical (unpaired) electrons. The van der Waals surface area contributed by atoms with Crippen LogP contribution in [-0.4, -0.2) is 28.5 Å². The minimum atomic E-state index is -0.574. The molecular weight excluding hydrogens is 354 g/mol. The number of ether oxygens (including phenoxy) is 1. The number of hydrogen-bond donors (Lipinski definition) is 0. The quantitative estimate of drug-likeness (QED) is 0.650. The highest BCUT2D eigenvalue weighted by Gasteiger charge is 2.31. The molecule has 0 aliphatic carbocycles. The molecule has 0 N–H and O–H groups in total. The van der Waals surface area contributed by atoms with E-state index < -0.39 is 5.97 Å². The predicted octanol–water partition coefficient (Wildman–Crippen LogP) is 3.53. The van der Waals surface area contributed by atoms with Crippen molar-refractivity contribution in [1.82, 2.24) is 9.55 Å². The number of nitrogens with zero attached hydrogens (tertiary/aromatic N) is 3. The number of benzene rings is 2. The highest BCUT2D eigenvalue weighted by molar-refractivity contribution is 6.31. The van der Waals surface area contributed by atoms with E-state index in [4.69, 9.17) is 16.3 Å². The summed E-state index contributed by atoms with van der Waals surface area (Å²) in [6, 6.07) is 14.6. The van der Waals surface area contributed by atoms with Crippen LogP contribution in [0.5, 0.6) is 0 Å². The highest BCUT2D eigenvalue weighted by Crippen LogP contribution is 2.37. The van der Waals surface area contributed by atoms with Crippen molar-refractivity contribution < 1.29 is 14.3 Å². The maximum absolute atomic E-state index is 13.1. The lowest BCUT2D eigenvalue weighted by Crippen LogP contribution is -2.27. The molecule has 1 aromatic heterocycles. The van der Waals surface area contributed by atoms with Gasteiger partial charge in [0, 0.05) is 10.7 Å². The van der Waals surface area contributed by atoms with Crippen LogP contribution in [0.3, 0.4) is 0 Å². The van der Waals surface area contributed by atoms with Gasteiger partial charge in [0.1, 0.15) is 6.33 Å². The Kier molecular flexibility index (Phi) is 3.97. The number of imidazole rings is 1. The second-order valence-electron chi connectivity index (χ2n) is 5.78. The second-order valence-corrected chi connectivity index (χ2v) is 6.21. The molecule has 4 rings (SSSR count). The van der Waals surface area contributed by atoms with Crippen LogP contribution in [0.2, 0.25) is 5.02 Å². The first-order valence-corrected chi connectivity index (χ1v) is 8.30. The molecular formula is C19H14ClN3O3. The van der Waals surface area contributed by atoms with E-state index in [-0.39, 0.29) is 18.0 Å². The number of anilines is 2. The van der Waals surface area contributed by atoms with Gasteiger partial charge in [0.25, 0.3) is 0 Å². The first-order chi connectivity index (χ1) is 12.6. The Bertz CT molecular complexity index is 1010. The van der Waals surface area contributed by atoms with E-state index in [1.165, 1.54) is 13.4 Å².